The van der Waals surface area contributed by atoms with E-state index < -0.39 is 5.54 Å². The van der Waals surface area contributed by atoms with Crippen molar-refractivity contribution in [2.45, 2.75) is 26.3 Å². The van der Waals surface area contributed by atoms with Crippen LogP contribution in [0.15, 0.2) is 4.99 Å². The number of amidine groups is 1. The molecule has 1 unspecified atom stereocenters. The zero-order valence-electron chi connectivity index (χ0n) is 8.91. The Morgan fingerprint density at radius 1 is 1.57 bits per heavy atom. The van der Waals surface area contributed by atoms with Gasteiger partial charge in [-0.25, -0.2) is 4.79 Å². The van der Waals surface area contributed by atoms with E-state index in [1.807, 2.05) is 20.8 Å². The van der Waals surface area contributed by atoms with Gasteiger partial charge in [0.15, 0.2) is 0 Å². The van der Waals surface area contributed by atoms with Gasteiger partial charge in [-0.05, 0) is 20.8 Å². The van der Waals surface area contributed by atoms with Crippen LogP contribution in [0, 0.1) is 0 Å². The van der Waals surface area contributed by atoms with Crippen LogP contribution in [0.3, 0.4) is 0 Å². The van der Waals surface area contributed by atoms with Gasteiger partial charge in [0, 0.05) is 13.2 Å². The van der Waals surface area contributed by atoms with Gasteiger partial charge in [0.1, 0.15) is 11.4 Å². The summed E-state index contributed by atoms with van der Waals surface area (Å²) in [6.07, 6.45) is 0. The molecule has 2 amide bonds. The van der Waals surface area contributed by atoms with Crippen LogP contribution in [0.4, 0.5) is 4.79 Å². The van der Waals surface area contributed by atoms with E-state index in [9.17, 15) is 4.79 Å². The average molecular weight is 199 g/mol. The van der Waals surface area contributed by atoms with Crippen LogP contribution in [0.5, 0.6) is 0 Å². The minimum absolute atomic E-state index is 0.271. The van der Waals surface area contributed by atoms with Gasteiger partial charge in [-0.15, -0.1) is 0 Å². The number of nitrogens with two attached hydrogens (primary N) is 1. The Balaban J connectivity index is 2.82. The molecule has 0 radical (unpaired) electrons. The summed E-state index contributed by atoms with van der Waals surface area (Å²) in [5.41, 5.74) is 5.15. The number of rotatable bonds is 4. The molecular formula is C9H17N3O2. The number of aliphatic imine (C=N–C) groups is 1. The van der Waals surface area contributed by atoms with E-state index in [-0.39, 0.29) is 6.03 Å². The van der Waals surface area contributed by atoms with Crippen molar-refractivity contribution < 1.29 is 9.53 Å². The van der Waals surface area contributed by atoms with Crippen molar-refractivity contribution in [1.82, 2.24) is 4.90 Å². The highest BCUT2D eigenvalue weighted by molar-refractivity contribution is 6.05. The Morgan fingerprint density at radius 2 is 2.21 bits per heavy atom. The fraction of sp³-hybridized carbons (Fsp3) is 0.778. The quantitative estimate of drug-likeness (QED) is 0.720. The average Bonchev–Trinajstić information content (AvgIpc) is 2.35. The molecule has 0 saturated carbocycles. The molecule has 0 fully saturated rings. The molecule has 0 aliphatic carbocycles. The predicted molar refractivity (Wildman–Crippen MR) is 54.3 cm³/mol. The summed E-state index contributed by atoms with van der Waals surface area (Å²) in [7, 11) is 0. The molecule has 1 atom stereocenters. The number of ether oxygens (including phenoxy) is 1. The van der Waals surface area contributed by atoms with Crippen LogP contribution in [0.1, 0.15) is 20.8 Å². The maximum Gasteiger partial charge on any atom is 0.346 e. The van der Waals surface area contributed by atoms with E-state index in [4.69, 9.17) is 10.5 Å². The molecule has 1 aliphatic rings. The maximum atomic E-state index is 11.4. The minimum atomic E-state index is -0.568. The Labute approximate surface area is 83.9 Å². The number of hydrogen-bond donors (Lipinski definition) is 1. The highest BCUT2D eigenvalue weighted by Crippen LogP contribution is 2.22. The zero-order valence-corrected chi connectivity index (χ0v) is 8.91. The summed E-state index contributed by atoms with van der Waals surface area (Å²) in [5.74, 6) is 0.345. The van der Waals surface area contributed by atoms with Gasteiger partial charge in [0.25, 0.3) is 0 Å². The Bertz CT molecular complexity index is 265. The van der Waals surface area contributed by atoms with Crippen LogP contribution in [-0.4, -0.2) is 42.1 Å². The van der Waals surface area contributed by atoms with E-state index in [0.717, 1.165) is 0 Å². The molecule has 5 nitrogen and oxygen atoms in total. The molecule has 1 heterocycles. The molecule has 1 aliphatic heterocycles. The summed E-state index contributed by atoms with van der Waals surface area (Å²) in [5, 5.41) is 0. The molecule has 5 heteroatoms. The summed E-state index contributed by atoms with van der Waals surface area (Å²) in [4.78, 5) is 16.8. The first-order valence-corrected chi connectivity index (χ1v) is 4.80. The smallest absolute Gasteiger partial charge is 0.346 e. The van der Waals surface area contributed by atoms with Crippen LogP contribution in [0.25, 0.3) is 0 Å². The van der Waals surface area contributed by atoms with Crippen LogP contribution in [-0.2, 0) is 4.74 Å². The Hall–Kier alpha value is -1.10. The third kappa shape index (κ3) is 1.59. The summed E-state index contributed by atoms with van der Waals surface area (Å²) in [6.45, 7) is 7.27. The summed E-state index contributed by atoms with van der Waals surface area (Å²) < 4.78 is 5.32. The molecule has 80 valence electrons. The van der Waals surface area contributed by atoms with Gasteiger partial charge in [-0.1, -0.05) is 0 Å². The standard InChI is InChI=1S/C9H17N3O2/c1-4-12-8(13)11-7(10)9(12,3)6-14-5-2/h4-6H2,1-3H3,(H2,10,11,13). The first-order valence-electron chi connectivity index (χ1n) is 4.80. The molecule has 0 aromatic carbocycles. The number of carbonyl (C=O) groups is 1. The lowest BCUT2D eigenvalue weighted by Crippen LogP contribution is -2.55. The molecule has 1 rings (SSSR count). The molecule has 0 aromatic heterocycles. The Kier molecular flexibility index (Phi) is 3.10. The molecule has 14 heavy (non-hydrogen) atoms. The van der Waals surface area contributed by atoms with E-state index in [2.05, 4.69) is 4.99 Å². The third-order valence-corrected chi connectivity index (χ3v) is 2.50. The zero-order chi connectivity index (χ0) is 10.8. The third-order valence-electron chi connectivity index (χ3n) is 2.50. The molecular weight excluding hydrogens is 182 g/mol. The normalized spacial score (nSPS) is 26.9. The van der Waals surface area contributed by atoms with E-state index in [1.165, 1.54) is 0 Å². The molecule has 0 spiro atoms. The monoisotopic (exact) mass is 199 g/mol. The molecule has 0 saturated heterocycles. The van der Waals surface area contributed by atoms with Gasteiger partial charge in [0.2, 0.25) is 0 Å². The first-order chi connectivity index (χ1) is 6.56. The predicted octanol–water partition coefficient (Wildman–Crippen LogP) is 0.594. The highest BCUT2D eigenvalue weighted by atomic mass is 16.5. The van der Waals surface area contributed by atoms with Gasteiger partial charge < -0.3 is 15.4 Å². The fourth-order valence-corrected chi connectivity index (χ4v) is 1.57. The number of hydrogen-bond acceptors (Lipinski definition) is 3. The minimum Gasteiger partial charge on any atom is -0.385 e. The lowest BCUT2D eigenvalue weighted by atomic mass is 10.0. The number of nitrogens with zero attached hydrogens (tertiary/aromatic N) is 2. The lowest BCUT2D eigenvalue weighted by molar-refractivity contribution is 0.0695. The Morgan fingerprint density at radius 3 is 2.71 bits per heavy atom. The number of carbonyl (C=O) groups excluding carboxylic acids is 1. The summed E-state index contributed by atoms with van der Waals surface area (Å²) >= 11 is 0. The highest BCUT2D eigenvalue weighted by Gasteiger charge is 2.43. The topological polar surface area (TPSA) is 67.9 Å². The van der Waals surface area contributed by atoms with Gasteiger partial charge in [0.05, 0.1) is 6.61 Å². The largest absolute Gasteiger partial charge is 0.385 e. The number of urea groups is 1. The van der Waals surface area contributed by atoms with E-state index in [1.54, 1.807) is 4.90 Å². The van der Waals surface area contributed by atoms with Gasteiger partial charge in [-0.2, -0.15) is 4.99 Å². The fourth-order valence-electron chi connectivity index (χ4n) is 1.57. The van der Waals surface area contributed by atoms with Crippen molar-refractivity contribution >= 4 is 11.9 Å². The second-order valence-electron chi connectivity index (χ2n) is 3.43. The van der Waals surface area contributed by atoms with Crippen molar-refractivity contribution in [3.63, 3.8) is 0 Å². The van der Waals surface area contributed by atoms with Gasteiger partial charge >= 0.3 is 6.03 Å². The second kappa shape index (κ2) is 3.96. The van der Waals surface area contributed by atoms with Crippen molar-refractivity contribution in [3.8, 4) is 0 Å². The van der Waals surface area contributed by atoms with Crippen LogP contribution >= 0.6 is 0 Å². The number of amides is 2. The lowest BCUT2D eigenvalue weighted by Gasteiger charge is -2.33. The molecule has 0 aromatic rings. The maximum absolute atomic E-state index is 11.4. The summed E-state index contributed by atoms with van der Waals surface area (Å²) in [6, 6.07) is -0.271. The van der Waals surface area contributed by atoms with E-state index in [0.29, 0.717) is 25.6 Å². The second-order valence-corrected chi connectivity index (χ2v) is 3.43. The van der Waals surface area contributed by atoms with Crippen molar-refractivity contribution in [3.05, 3.63) is 0 Å². The van der Waals surface area contributed by atoms with E-state index >= 15 is 0 Å². The van der Waals surface area contributed by atoms with Crippen molar-refractivity contribution in [2.75, 3.05) is 19.8 Å². The van der Waals surface area contributed by atoms with Crippen LogP contribution in [0.2, 0.25) is 0 Å². The first kappa shape index (κ1) is 11.0. The van der Waals surface area contributed by atoms with Gasteiger partial charge in [-0.3, -0.25) is 0 Å². The SMILES string of the molecule is CCOCC1(C)C(N)=NC(=O)N1CC. The van der Waals surface area contributed by atoms with Crippen molar-refractivity contribution in [1.29, 1.82) is 0 Å². The number of likely N-dealkylation sites (N-methyl/N-ethyl adjacent to an activating group) is 1. The molecule has 0 bridgehead atoms. The van der Waals surface area contributed by atoms with Crippen LogP contribution < -0.4 is 5.73 Å². The van der Waals surface area contributed by atoms with Crippen molar-refractivity contribution in [2.24, 2.45) is 10.7 Å². The molecule has 2 N–H and O–H groups in total.